The Morgan fingerprint density at radius 3 is 2.80 bits per heavy atom. The van der Waals surface area contributed by atoms with Crippen LogP contribution in [0, 0.1) is 17.0 Å². The van der Waals surface area contributed by atoms with Crippen molar-refractivity contribution in [3.63, 3.8) is 0 Å². The van der Waals surface area contributed by atoms with E-state index < -0.39 is 10.5 Å². The van der Waals surface area contributed by atoms with Crippen molar-refractivity contribution in [2.45, 2.75) is 6.92 Å². The highest BCUT2D eigenvalue weighted by atomic mass is 32.1. The molecule has 0 atom stereocenters. The number of fused-ring (bicyclic) bond motifs is 1. The normalized spacial score (nSPS) is 10.8. The standard InChI is InChI=1S/C13H8N2O4S/c1-7-14-11(6-20-7)10-5-8-4-9(15(17)18)2-3-12(8)19-13(10)16/h2-6H,1H3. The Balaban J connectivity index is 2.25. The molecule has 0 spiro atoms. The van der Waals surface area contributed by atoms with E-state index in [4.69, 9.17) is 4.42 Å². The van der Waals surface area contributed by atoms with Crippen LogP contribution in [0.25, 0.3) is 22.2 Å². The first kappa shape index (κ1) is 12.5. The number of benzene rings is 1. The quantitative estimate of drug-likeness (QED) is 0.411. The predicted octanol–water partition coefficient (Wildman–Crippen LogP) is 3.13. The highest BCUT2D eigenvalue weighted by Gasteiger charge is 2.13. The summed E-state index contributed by atoms with van der Waals surface area (Å²) in [4.78, 5) is 26.4. The lowest BCUT2D eigenvalue weighted by atomic mass is 10.1. The van der Waals surface area contributed by atoms with E-state index >= 15 is 0 Å². The van der Waals surface area contributed by atoms with Gasteiger partial charge in [-0.3, -0.25) is 10.1 Å². The Kier molecular flexibility index (Phi) is 2.83. The third kappa shape index (κ3) is 2.08. The summed E-state index contributed by atoms with van der Waals surface area (Å²) in [6.07, 6.45) is 0. The van der Waals surface area contributed by atoms with Crippen LogP contribution >= 0.6 is 11.3 Å². The zero-order valence-corrected chi connectivity index (χ0v) is 11.1. The maximum absolute atomic E-state index is 11.9. The van der Waals surface area contributed by atoms with Gasteiger partial charge in [-0.25, -0.2) is 9.78 Å². The summed E-state index contributed by atoms with van der Waals surface area (Å²) in [6.45, 7) is 1.83. The van der Waals surface area contributed by atoms with Crippen LogP contribution in [0.5, 0.6) is 0 Å². The Morgan fingerprint density at radius 1 is 1.35 bits per heavy atom. The number of nitro groups is 1. The lowest BCUT2D eigenvalue weighted by Crippen LogP contribution is -2.03. The summed E-state index contributed by atoms with van der Waals surface area (Å²) >= 11 is 1.42. The fraction of sp³-hybridized carbons (Fsp3) is 0.0769. The van der Waals surface area contributed by atoms with E-state index in [0.717, 1.165) is 5.01 Å². The van der Waals surface area contributed by atoms with Crippen molar-refractivity contribution in [2.24, 2.45) is 0 Å². The van der Waals surface area contributed by atoms with E-state index in [9.17, 15) is 14.9 Å². The Labute approximate surface area is 116 Å². The van der Waals surface area contributed by atoms with Crippen LogP contribution in [0.1, 0.15) is 5.01 Å². The first-order valence-corrected chi connectivity index (χ1v) is 6.57. The first-order valence-electron chi connectivity index (χ1n) is 5.69. The number of nitro benzene ring substituents is 1. The molecule has 0 aliphatic heterocycles. The number of non-ortho nitro benzene ring substituents is 1. The largest absolute Gasteiger partial charge is 0.422 e. The summed E-state index contributed by atoms with van der Waals surface area (Å²) in [7, 11) is 0. The summed E-state index contributed by atoms with van der Waals surface area (Å²) in [5.74, 6) is 0. The lowest BCUT2D eigenvalue weighted by Gasteiger charge is -1.99. The fourth-order valence-corrected chi connectivity index (χ4v) is 2.50. The van der Waals surface area contributed by atoms with Gasteiger partial charge in [-0.1, -0.05) is 0 Å². The lowest BCUT2D eigenvalue weighted by molar-refractivity contribution is -0.384. The molecule has 0 saturated heterocycles. The van der Waals surface area contributed by atoms with E-state index in [1.807, 2.05) is 6.92 Å². The van der Waals surface area contributed by atoms with Crippen molar-refractivity contribution in [3.05, 3.63) is 55.2 Å². The van der Waals surface area contributed by atoms with Gasteiger partial charge in [0, 0.05) is 22.9 Å². The molecule has 2 heterocycles. The van der Waals surface area contributed by atoms with E-state index in [2.05, 4.69) is 4.98 Å². The molecule has 0 amide bonds. The molecular weight excluding hydrogens is 280 g/mol. The summed E-state index contributed by atoms with van der Waals surface area (Å²) < 4.78 is 5.18. The number of aromatic nitrogens is 1. The van der Waals surface area contributed by atoms with Crippen molar-refractivity contribution in [3.8, 4) is 11.3 Å². The molecule has 7 heteroatoms. The molecule has 1 aromatic carbocycles. The Bertz CT molecular complexity index is 881. The average Bonchev–Trinajstić information content (AvgIpc) is 2.83. The first-order chi connectivity index (χ1) is 9.54. The number of aryl methyl sites for hydroxylation is 1. The number of rotatable bonds is 2. The third-order valence-electron chi connectivity index (χ3n) is 2.82. The molecule has 0 unspecified atom stereocenters. The van der Waals surface area contributed by atoms with Crippen LogP contribution < -0.4 is 5.63 Å². The van der Waals surface area contributed by atoms with Gasteiger partial charge in [0.05, 0.1) is 21.2 Å². The highest BCUT2D eigenvalue weighted by Crippen LogP contribution is 2.25. The van der Waals surface area contributed by atoms with Crippen molar-refractivity contribution in [1.29, 1.82) is 0 Å². The smallest absolute Gasteiger partial charge is 0.345 e. The minimum atomic E-state index is -0.503. The minimum Gasteiger partial charge on any atom is -0.422 e. The molecule has 100 valence electrons. The minimum absolute atomic E-state index is 0.0493. The van der Waals surface area contributed by atoms with Gasteiger partial charge in [0.15, 0.2) is 0 Å². The second-order valence-electron chi connectivity index (χ2n) is 4.18. The predicted molar refractivity (Wildman–Crippen MR) is 75.0 cm³/mol. The van der Waals surface area contributed by atoms with Gasteiger partial charge in [-0.15, -0.1) is 11.3 Å². The molecule has 6 nitrogen and oxygen atoms in total. The summed E-state index contributed by atoms with van der Waals surface area (Å²) in [6, 6.07) is 5.67. The maximum atomic E-state index is 11.9. The molecule has 2 aromatic heterocycles. The molecule has 3 rings (SSSR count). The molecule has 0 radical (unpaired) electrons. The highest BCUT2D eigenvalue weighted by molar-refractivity contribution is 7.09. The van der Waals surface area contributed by atoms with Crippen LogP contribution in [-0.2, 0) is 0 Å². The molecule has 3 aromatic rings. The van der Waals surface area contributed by atoms with Crippen LogP contribution in [0.3, 0.4) is 0 Å². The van der Waals surface area contributed by atoms with Gasteiger partial charge in [0.25, 0.3) is 5.69 Å². The van der Waals surface area contributed by atoms with Gasteiger partial charge in [0.1, 0.15) is 5.58 Å². The van der Waals surface area contributed by atoms with Crippen LogP contribution in [0.2, 0.25) is 0 Å². The van der Waals surface area contributed by atoms with Crippen LogP contribution in [-0.4, -0.2) is 9.91 Å². The van der Waals surface area contributed by atoms with Crippen molar-refractivity contribution >= 4 is 28.0 Å². The van der Waals surface area contributed by atoms with Gasteiger partial charge < -0.3 is 4.42 Å². The number of hydrogen-bond acceptors (Lipinski definition) is 6. The molecule has 0 bridgehead atoms. The monoisotopic (exact) mass is 288 g/mol. The molecule has 0 aliphatic rings. The van der Waals surface area contributed by atoms with E-state index in [-0.39, 0.29) is 5.69 Å². The van der Waals surface area contributed by atoms with Crippen molar-refractivity contribution < 1.29 is 9.34 Å². The second kappa shape index (κ2) is 4.53. The molecule has 0 aliphatic carbocycles. The fourth-order valence-electron chi connectivity index (χ4n) is 1.89. The van der Waals surface area contributed by atoms with Crippen LogP contribution in [0.4, 0.5) is 5.69 Å². The molecular formula is C13H8N2O4S. The van der Waals surface area contributed by atoms with Crippen molar-refractivity contribution in [1.82, 2.24) is 4.98 Å². The topological polar surface area (TPSA) is 86.2 Å². The molecule has 0 fully saturated rings. The zero-order valence-electron chi connectivity index (χ0n) is 10.3. The van der Waals surface area contributed by atoms with E-state index in [1.165, 1.54) is 29.5 Å². The average molecular weight is 288 g/mol. The maximum Gasteiger partial charge on any atom is 0.345 e. The van der Waals surface area contributed by atoms with Gasteiger partial charge in [-0.05, 0) is 19.1 Å². The van der Waals surface area contributed by atoms with E-state index in [1.54, 1.807) is 11.4 Å². The SMILES string of the molecule is Cc1nc(-c2cc3cc([N+](=O)[O-])ccc3oc2=O)cs1. The van der Waals surface area contributed by atoms with Gasteiger partial charge >= 0.3 is 5.63 Å². The summed E-state index contributed by atoms with van der Waals surface area (Å²) in [5, 5.41) is 13.9. The van der Waals surface area contributed by atoms with E-state index in [0.29, 0.717) is 22.2 Å². The second-order valence-corrected chi connectivity index (χ2v) is 5.24. The molecule has 0 saturated carbocycles. The molecule has 0 N–H and O–H groups in total. The molecule has 20 heavy (non-hydrogen) atoms. The number of nitrogens with zero attached hydrogens (tertiary/aromatic N) is 2. The Hall–Kier alpha value is -2.54. The number of hydrogen-bond donors (Lipinski definition) is 0. The van der Waals surface area contributed by atoms with Gasteiger partial charge in [-0.2, -0.15) is 0 Å². The number of thiazole rings is 1. The van der Waals surface area contributed by atoms with Crippen molar-refractivity contribution in [2.75, 3.05) is 0 Å². The Morgan fingerprint density at radius 2 is 2.15 bits per heavy atom. The summed E-state index contributed by atoms with van der Waals surface area (Å²) in [5.41, 5.74) is 0.594. The van der Waals surface area contributed by atoms with Crippen LogP contribution in [0.15, 0.2) is 38.9 Å². The zero-order chi connectivity index (χ0) is 14.3. The van der Waals surface area contributed by atoms with Gasteiger partial charge in [0.2, 0.25) is 0 Å². The third-order valence-corrected chi connectivity index (χ3v) is 3.60.